The van der Waals surface area contributed by atoms with E-state index in [1.807, 2.05) is 55.5 Å². The highest BCUT2D eigenvalue weighted by Crippen LogP contribution is 2.34. The van der Waals surface area contributed by atoms with Crippen molar-refractivity contribution in [1.29, 1.82) is 0 Å². The fraction of sp³-hybridized carbons (Fsp3) is 0.138. The second kappa shape index (κ2) is 10.8. The smallest absolute Gasteiger partial charge is 0.262 e. The Morgan fingerprint density at radius 3 is 2.52 bits per heavy atom. The number of carbonyl (C=O) groups is 1. The maximum atomic E-state index is 13.5. The van der Waals surface area contributed by atoms with Gasteiger partial charge < -0.3 is 4.98 Å². The number of carbonyl (C=O) groups excluding carboxylic acids is 1. The summed E-state index contributed by atoms with van der Waals surface area (Å²) in [5.41, 5.74) is 4.42. The third-order valence-electron chi connectivity index (χ3n) is 6.63. The van der Waals surface area contributed by atoms with Gasteiger partial charge >= 0.3 is 0 Å². The summed E-state index contributed by atoms with van der Waals surface area (Å²) < 4.78 is 15.9. The van der Waals surface area contributed by atoms with E-state index in [-0.39, 0.29) is 34.2 Å². The van der Waals surface area contributed by atoms with Gasteiger partial charge in [0.1, 0.15) is 11.2 Å². The number of hydrogen-bond acceptors (Lipinski definition) is 6. The van der Waals surface area contributed by atoms with Crippen molar-refractivity contribution in [2.24, 2.45) is 5.10 Å². The van der Waals surface area contributed by atoms with E-state index in [0.717, 1.165) is 38.6 Å². The van der Waals surface area contributed by atoms with Crippen LogP contribution >= 0.6 is 27.7 Å². The van der Waals surface area contributed by atoms with Gasteiger partial charge in [-0.25, -0.2) is 19.1 Å². The first kappa shape index (κ1) is 26.1. The van der Waals surface area contributed by atoms with Crippen LogP contribution < -0.4 is 5.56 Å². The fourth-order valence-electron chi connectivity index (χ4n) is 4.54. The van der Waals surface area contributed by atoms with E-state index >= 15 is 0 Å². The van der Waals surface area contributed by atoms with Crippen LogP contribution in [-0.2, 0) is 4.79 Å². The lowest BCUT2D eigenvalue weighted by Gasteiger charge is -2.22. The van der Waals surface area contributed by atoms with Crippen LogP contribution in [-0.4, -0.2) is 42.1 Å². The van der Waals surface area contributed by atoms with Crippen LogP contribution in [0.5, 0.6) is 0 Å². The first-order valence-electron chi connectivity index (χ1n) is 12.4. The molecule has 11 heteroatoms. The van der Waals surface area contributed by atoms with Gasteiger partial charge in [-0.1, -0.05) is 69.7 Å². The minimum Gasteiger partial charge on any atom is -0.301 e. The molecule has 0 unspecified atom stereocenters. The van der Waals surface area contributed by atoms with Crippen LogP contribution in [0.3, 0.4) is 0 Å². The first-order valence-corrected chi connectivity index (χ1v) is 14.2. The number of amides is 1. The Morgan fingerprint density at radius 2 is 1.80 bits per heavy atom. The van der Waals surface area contributed by atoms with Gasteiger partial charge in [-0.05, 0) is 54.4 Å². The van der Waals surface area contributed by atoms with Crippen molar-refractivity contribution < 1.29 is 9.18 Å². The zero-order valence-electron chi connectivity index (χ0n) is 21.2. The quantitative estimate of drug-likeness (QED) is 0.192. The Morgan fingerprint density at radius 1 is 1.07 bits per heavy atom. The average Bonchev–Trinajstić information content (AvgIpc) is 3.59. The second-order valence-corrected chi connectivity index (χ2v) is 11.2. The number of nitrogens with one attached hydrogen (secondary N) is 1. The van der Waals surface area contributed by atoms with Crippen molar-refractivity contribution in [3.63, 3.8) is 0 Å². The molecule has 8 nitrogen and oxygen atoms in total. The molecule has 1 N–H and O–H groups in total. The number of nitrogens with zero attached hydrogens (tertiary/aromatic N) is 5. The number of hydrazone groups is 1. The summed E-state index contributed by atoms with van der Waals surface area (Å²) in [7, 11) is 0. The summed E-state index contributed by atoms with van der Waals surface area (Å²) in [6, 6.07) is 21.5. The van der Waals surface area contributed by atoms with E-state index in [4.69, 9.17) is 5.10 Å². The number of halogens is 2. The molecule has 0 saturated carbocycles. The molecular formula is C29H22BrFN6O2S. The van der Waals surface area contributed by atoms with Crippen molar-refractivity contribution in [2.75, 3.05) is 5.75 Å². The Hall–Kier alpha value is -4.09. The van der Waals surface area contributed by atoms with E-state index in [9.17, 15) is 14.0 Å². The molecule has 5 aromatic rings. The monoisotopic (exact) mass is 616 g/mol. The van der Waals surface area contributed by atoms with Crippen LogP contribution in [0.25, 0.3) is 16.7 Å². The highest BCUT2D eigenvalue weighted by Gasteiger charge is 2.33. The molecule has 1 aliphatic rings. The SMILES string of the molecule is Cc1ccc([C@@H]2CC(c3ccc(Br)cc3)=NN2C(=O)CSc2nc3c(cnn3-c3ccc(F)cc3)c(=O)[nH]2)cc1. The topological polar surface area (TPSA) is 96.2 Å². The zero-order chi connectivity index (χ0) is 27.8. The van der Waals surface area contributed by atoms with E-state index in [1.54, 1.807) is 12.1 Å². The molecule has 1 amide bonds. The van der Waals surface area contributed by atoms with Gasteiger partial charge in [0.25, 0.3) is 11.5 Å². The fourth-order valence-corrected chi connectivity index (χ4v) is 5.51. The summed E-state index contributed by atoms with van der Waals surface area (Å²) in [5, 5.41) is 11.1. The first-order chi connectivity index (χ1) is 19.4. The molecule has 0 spiro atoms. The molecular weight excluding hydrogens is 595 g/mol. The Kier molecular flexibility index (Phi) is 7.07. The molecule has 0 aliphatic carbocycles. The Bertz CT molecular complexity index is 1800. The molecule has 3 aromatic carbocycles. The number of rotatable bonds is 6. The molecule has 1 atom stereocenters. The number of aromatic nitrogens is 4. The van der Waals surface area contributed by atoms with E-state index in [2.05, 4.69) is 31.0 Å². The van der Waals surface area contributed by atoms with Gasteiger partial charge in [-0.2, -0.15) is 10.2 Å². The third kappa shape index (κ3) is 5.22. The Labute approximate surface area is 241 Å². The van der Waals surface area contributed by atoms with Gasteiger partial charge in [0.15, 0.2) is 10.8 Å². The largest absolute Gasteiger partial charge is 0.301 e. The summed E-state index contributed by atoms with van der Waals surface area (Å²) in [5.74, 6) is -0.575. The second-order valence-electron chi connectivity index (χ2n) is 9.35. The van der Waals surface area contributed by atoms with Gasteiger partial charge in [0, 0.05) is 10.9 Å². The Balaban J connectivity index is 1.27. The van der Waals surface area contributed by atoms with Crippen molar-refractivity contribution in [3.05, 3.63) is 116 Å². The predicted molar refractivity (Wildman–Crippen MR) is 156 cm³/mol. The number of H-pyrrole nitrogens is 1. The molecule has 3 heterocycles. The van der Waals surface area contributed by atoms with Gasteiger partial charge in [0.2, 0.25) is 0 Å². The summed E-state index contributed by atoms with van der Waals surface area (Å²) >= 11 is 4.58. The predicted octanol–water partition coefficient (Wildman–Crippen LogP) is 5.79. The lowest BCUT2D eigenvalue weighted by Crippen LogP contribution is -2.28. The van der Waals surface area contributed by atoms with E-state index in [1.165, 1.54) is 28.0 Å². The highest BCUT2D eigenvalue weighted by atomic mass is 79.9. The summed E-state index contributed by atoms with van der Waals surface area (Å²) in [4.78, 5) is 33.6. The summed E-state index contributed by atoms with van der Waals surface area (Å²) in [6.07, 6.45) is 2.00. The highest BCUT2D eigenvalue weighted by molar-refractivity contribution is 9.10. The zero-order valence-corrected chi connectivity index (χ0v) is 23.6. The van der Waals surface area contributed by atoms with Crippen LogP contribution in [0.2, 0.25) is 0 Å². The standard InChI is InChI=1S/C29H22BrFN6O2S/c1-17-2-4-19(5-3-17)25-14-24(18-6-8-20(30)9-7-18)35-37(25)26(38)16-40-29-33-27-23(28(39)34-29)15-32-36(27)22-12-10-21(31)11-13-22/h2-13,15,25H,14,16H2,1H3,(H,33,34,39)/t25-/m0/s1. The number of hydrogen-bond donors (Lipinski definition) is 1. The van der Waals surface area contributed by atoms with E-state index in [0.29, 0.717) is 23.1 Å². The van der Waals surface area contributed by atoms with Gasteiger partial charge in [-0.15, -0.1) is 0 Å². The molecule has 0 bridgehead atoms. The van der Waals surface area contributed by atoms with Crippen LogP contribution in [0.1, 0.15) is 29.2 Å². The van der Waals surface area contributed by atoms with Crippen molar-refractivity contribution >= 4 is 50.3 Å². The average molecular weight is 618 g/mol. The maximum absolute atomic E-state index is 13.5. The number of thioether (sulfide) groups is 1. The van der Waals surface area contributed by atoms with Crippen molar-refractivity contribution in [1.82, 2.24) is 24.8 Å². The van der Waals surface area contributed by atoms with Crippen LogP contribution in [0, 0.1) is 12.7 Å². The molecule has 0 radical (unpaired) electrons. The van der Waals surface area contributed by atoms with Crippen molar-refractivity contribution in [3.8, 4) is 5.69 Å². The molecule has 0 saturated heterocycles. The van der Waals surface area contributed by atoms with Gasteiger partial charge in [-0.3, -0.25) is 9.59 Å². The van der Waals surface area contributed by atoms with Gasteiger partial charge in [0.05, 0.1) is 29.4 Å². The normalized spacial score (nSPS) is 15.0. The minimum atomic E-state index is -0.377. The van der Waals surface area contributed by atoms with Crippen LogP contribution in [0.15, 0.2) is 98.5 Å². The van der Waals surface area contributed by atoms with E-state index < -0.39 is 0 Å². The lowest BCUT2D eigenvalue weighted by molar-refractivity contribution is -0.130. The number of aryl methyl sites for hydroxylation is 1. The van der Waals surface area contributed by atoms with Crippen LogP contribution in [0.4, 0.5) is 4.39 Å². The third-order valence-corrected chi connectivity index (χ3v) is 8.01. The molecule has 0 fully saturated rings. The van der Waals surface area contributed by atoms with Crippen molar-refractivity contribution in [2.45, 2.75) is 24.5 Å². The molecule has 2 aromatic heterocycles. The molecule has 200 valence electrons. The molecule has 1 aliphatic heterocycles. The maximum Gasteiger partial charge on any atom is 0.262 e. The molecule has 40 heavy (non-hydrogen) atoms. The number of benzene rings is 3. The number of aromatic amines is 1. The number of fused-ring (bicyclic) bond motifs is 1. The minimum absolute atomic E-state index is 0.0125. The molecule has 6 rings (SSSR count). The summed E-state index contributed by atoms with van der Waals surface area (Å²) in [6.45, 7) is 2.02. The lowest BCUT2D eigenvalue weighted by atomic mass is 9.98.